The topological polar surface area (TPSA) is 139 Å². The molecule has 11 nitrogen and oxygen atoms in total. The third kappa shape index (κ3) is 5.41. The lowest BCUT2D eigenvalue weighted by molar-refractivity contribution is -0.141. The summed E-state index contributed by atoms with van der Waals surface area (Å²) in [6.45, 7) is 0.921. The summed E-state index contributed by atoms with van der Waals surface area (Å²) in [4.78, 5) is 67.8. The van der Waals surface area contributed by atoms with Crippen LogP contribution >= 0.6 is 0 Å². The number of ketones is 1. The molecule has 0 bridgehead atoms. The second-order valence-electron chi connectivity index (χ2n) is 12.2. The number of aryl methyl sites for hydroxylation is 1. The molecule has 11 heteroatoms. The van der Waals surface area contributed by atoms with Gasteiger partial charge in [-0.25, -0.2) is 0 Å². The summed E-state index contributed by atoms with van der Waals surface area (Å²) in [7, 11) is 3.41. The van der Waals surface area contributed by atoms with Gasteiger partial charge in [0, 0.05) is 43.5 Å². The van der Waals surface area contributed by atoms with Crippen molar-refractivity contribution < 1.29 is 28.7 Å². The standard InChI is InChI=1S/C30H37N5O6/c1-34-22-15-20(41-2)6-3-17(22)14-23(34)29(40)35-12-10-30(8-9-30)16-24(35)27(38)33-21(13-18-7-11-31-26(18)37)25(36)28(39)32-19-4-5-19/h3,6,14-15,18-19,21,24H,4-5,7-13,16H2,1-2H3,(H,31,37)(H,32,39)(H,33,38)/t18-,21-,24-/m0/s1. The Morgan fingerprint density at radius 1 is 1.12 bits per heavy atom. The van der Waals surface area contributed by atoms with Gasteiger partial charge in [-0.05, 0) is 75.0 Å². The van der Waals surface area contributed by atoms with Crippen LogP contribution < -0.4 is 20.7 Å². The van der Waals surface area contributed by atoms with E-state index in [0.29, 0.717) is 37.4 Å². The van der Waals surface area contributed by atoms with E-state index in [4.69, 9.17) is 4.74 Å². The first-order chi connectivity index (χ1) is 19.7. The summed E-state index contributed by atoms with van der Waals surface area (Å²) in [5.41, 5.74) is 1.32. The van der Waals surface area contributed by atoms with Crippen LogP contribution in [0.5, 0.6) is 5.75 Å². The fraction of sp³-hybridized carbons (Fsp3) is 0.567. The zero-order valence-electron chi connectivity index (χ0n) is 23.5. The summed E-state index contributed by atoms with van der Waals surface area (Å²) in [5, 5.41) is 9.17. The number of hydrogen-bond acceptors (Lipinski definition) is 6. The Morgan fingerprint density at radius 2 is 1.90 bits per heavy atom. The summed E-state index contributed by atoms with van der Waals surface area (Å²) < 4.78 is 7.16. The quantitative estimate of drug-likeness (QED) is 0.395. The van der Waals surface area contributed by atoms with Crippen molar-refractivity contribution >= 4 is 40.3 Å². The molecule has 218 valence electrons. The lowest BCUT2D eigenvalue weighted by Crippen LogP contribution is -2.58. The number of nitrogens with one attached hydrogen (secondary N) is 3. The highest BCUT2D eigenvalue weighted by molar-refractivity contribution is 6.38. The van der Waals surface area contributed by atoms with Crippen molar-refractivity contribution in [1.29, 1.82) is 0 Å². The predicted octanol–water partition coefficient (Wildman–Crippen LogP) is 1.43. The van der Waals surface area contributed by atoms with Gasteiger partial charge >= 0.3 is 0 Å². The van der Waals surface area contributed by atoms with Gasteiger partial charge in [0.25, 0.3) is 11.8 Å². The van der Waals surface area contributed by atoms with Crippen molar-refractivity contribution in [3.63, 3.8) is 0 Å². The first-order valence-corrected chi connectivity index (χ1v) is 14.6. The maximum atomic E-state index is 14.0. The van der Waals surface area contributed by atoms with Crippen LogP contribution in [0.4, 0.5) is 0 Å². The molecule has 4 fully saturated rings. The van der Waals surface area contributed by atoms with Gasteiger partial charge in [-0.2, -0.15) is 0 Å². The smallest absolute Gasteiger partial charge is 0.289 e. The molecule has 2 aromatic rings. The van der Waals surface area contributed by atoms with E-state index < -0.39 is 35.6 Å². The van der Waals surface area contributed by atoms with E-state index in [1.165, 1.54) is 0 Å². The molecular formula is C30H37N5O6. The van der Waals surface area contributed by atoms with Gasteiger partial charge < -0.3 is 30.2 Å². The van der Waals surface area contributed by atoms with E-state index in [-0.39, 0.29) is 29.7 Å². The highest BCUT2D eigenvalue weighted by Crippen LogP contribution is 2.55. The molecule has 1 aromatic heterocycles. The molecule has 4 aliphatic rings. The van der Waals surface area contributed by atoms with Crippen LogP contribution in [0.3, 0.4) is 0 Å². The van der Waals surface area contributed by atoms with Crippen LogP contribution in [0.25, 0.3) is 10.9 Å². The Labute approximate surface area is 238 Å². The SMILES string of the molecule is COc1ccc2cc(C(=O)N3CCC4(CC4)C[C@H]3C(=O)N[C@@H](C[C@@H]3CCNC3=O)C(=O)C(=O)NC3CC3)n(C)c2c1. The summed E-state index contributed by atoms with van der Waals surface area (Å²) in [6.07, 6.45) is 5.54. The molecule has 1 aromatic carbocycles. The van der Waals surface area contributed by atoms with Gasteiger partial charge in [-0.1, -0.05) is 0 Å². The summed E-state index contributed by atoms with van der Waals surface area (Å²) in [5.74, 6) is -2.17. The fourth-order valence-electron chi connectivity index (χ4n) is 6.33. The zero-order valence-corrected chi connectivity index (χ0v) is 23.5. The molecule has 2 saturated carbocycles. The number of hydrogen-bond donors (Lipinski definition) is 3. The molecule has 1 spiro atoms. The molecule has 0 radical (unpaired) electrons. The number of ether oxygens (including phenoxy) is 1. The van der Waals surface area contributed by atoms with Crippen LogP contribution in [-0.2, 0) is 26.2 Å². The third-order valence-corrected chi connectivity index (χ3v) is 9.33. The molecule has 41 heavy (non-hydrogen) atoms. The van der Waals surface area contributed by atoms with Crippen LogP contribution in [0, 0.1) is 11.3 Å². The minimum atomic E-state index is -1.14. The van der Waals surface area contributed by atoms with Crippen molar-refractivity contribution in [3.8, 4) is 5.75 Å². The molecule has 2 saturated heterocycles. The number of Topliss-reactive ketones (excluding diaryl/α,β-unsaturated/α-hetero) is 1. The molecular weight excluding hydrogens is 526 g/mol. The second kappa shape index (κ2) is 10.5. The Hall–Kier alpha value is -3.89. The van der Waals surface area contributed by atoms with E-state index in [1.807, 2.05) is 35.9 Å². The molecule has 4 amide bonds. The zero-order chi connectivity index (χ0) is 28.9. The monoisotopic (exact) mass is 563 g/mol. The van der Waals surface area contributed by atoms with Crippen molar-refractivity contribution in [2.75, 3.05) is 20.2 Å². The van der Waals surface area contributed by atoms with Gasteiger partial charge in [-0.3, -0.25) is 24.0 Å². The lowest BCUT2D eigenvalue weighted by Gasteiger charge is -2.39. The fourth-order valence-corrected chi connectivity index (χ4v) is 6.33. The Kier molecular flexibility index (Phi) is 6.99. The molecule has 3 heterocycles. The Morgan fingerprint density at radius 3 is 2.56 bits per heavy atom. The van der Waals surface area contributed by atoms with Gasteiger partial charge in [0.2, 0.25) is 17.6 Å². The number of carbonyl (C=O) groups excluding carboxylic acids is 5. The van der Waals surface area contributed by atoms with E-state index in [0.717, 1.165) is 43.0 Å². The van der Waals surface area contributed by atoms with Crippen LogP contribution in [0.2, 0.25) is 0 Å². The second-order valence-corrected chi connectivity index (χ2v) is 12.2. The lowest BCUT2D eigenvalue weighted by atomic mass is 9.86. The number of nitrogens with zero attached hydrogens (tertiary/aromatic N) is 2. The highest BCUT2D eigenvalue weighted by Gasteiger charge is 2.51. The van der Waals surface area contributed by atoms with Crippen molar-refractivity contribution in [1.82, 2.24) is 25.4 Å². The minimum absolute atomic E-state index is 0.0143. The molecule has 0 unspecified atom stereocenters. The largest absolute Gasteiger partial charge is 0.497 e. The average Bonchev–Trinajstić information content (AvgIpc) is 3.88. The van der Waals surface area contributed by atoms with E-state index in [2.05, 4.69) is 16.0 Å². The normalized spacial score (nSPS) is 23.7. The number of carbonyl (C=O) groups is 5. The summed E-state index contributed by atoms with van der Waals surface area (Å²) >= 11 is 0. The predicted molar refractivity (Wildman–Crippen MR) is 149 cm³/mol. The maximum absolute atomic E-state index is 14.0. The van der Waals surface area contributed by atoms with Crippen molar-refractivity contribution in [3.05, 3.63) is 30.0 Å². The van der Waals surface area contributed by atoms with Crippen molar-refractivity contribution in [2.24, 2.45) is 18.4 Å². The average molecular weight is 564 g/mol. The summed E-state index contributed by atoms with van der Waals surface area (Å²) in [6, 6.07) is 5.48. The minimum Gasteiger partial charge on any atom is -0.497 e. The van der Waals surface area contributed by atoms with Gasteiger partial charge in [0.1, 0.15) is 17.5 Å². The first kappa shape index (κ1) is 27.3. The number of amides is 4. The maximum Gasteiger partial charge on any atom is 0.289 e. The van der Waals surface area contributed by atoms with Gasteiger partial charge in [0.05, 0.1) is 18.7 Å². The number of aromatic nitrogens is 1. The van der Waals surface area contributed by atoms with Crippen LogP contribution in [0.1, 0.15) is 61.9 Å². The number of methoxy groups -OCH3 is 1. The number of fused-ring (bicyclic) bond motifs is 1. The first-order valence-electron chi connectivity index (χ1n) is 14.6. The van der Waals surface area contributed by atoms with Crippen LogP contribution in [-0.4, -0.2) is 77.2 Å². The van der Waals surface area contributed by atoms with Crippen molar-refractivity contribution in [2.45, 2.75) is 69.5 Å². The highest BCUT2D eigenvalue weighted by atomic mass is 16.5. The van der Waals surface area contributed by atoms with E-state index in [9.17, 15) is 24.0 Å². The third-order valence-electron chi connectivity index (χ3n) is 9.33. The number of rotatable bonds is 9. The number of piperidine rings is 1. The molecule has 3 N–H and O–H groups in total. The molecule has 2 aliphatic heterocycles. The molecule has 3 atom stereocenters. The van der Waals surface area contributed by atoms with E-state index in [1.54, 1.807) is 12.0 Å². The van der Waals surface area contributed by atoms with Crippen LogP contribution in [0.15, 0.2) is 24.3 Å². The number of benzene rings is 1. The molecule has 6 rings (SSSR count). The van der Waals surface area contributed by atoms with E-state index >= 15 is 0 Å². The number of likely N-dealkylation sites (tertiary alicyclic amines) is 1. The van der Waals surface area contributed by atoms with Gasteiger partial charge in [0.15, 0.2) is 0 Å². The Balaban J connectivity index is 1.25. The van der Waals surface area contributed by atoms with Gasteiger partial charge in [-0.15, -0.1) is 0 Å². The molecule has 2 aliphatic carbocycles. The Bertz CT molecular complexity index is 1420.